The van der Waals surface area contributed by atoms with E-state index in [0.29, 0.717) is 12.2 Å². The highest BCUT2D eigenvalue weighted by atomic mass is 19.1. The van der Waals surface area contributed by atoms with Gasteiger partial charge in [0.15, 0.2) is 0 Å². The van der Waals surface area contributed by atoms with E-state index in [1.165, 1.54) is 12.1 Å². The van der Waals surface area contributed by atoms with E-state index in [1.54, 1.807) is 13.0 Å². The Hall–Kier alpha value is -1.78. The molecule has 1 aliphatic rings. The van der Waals surface area contributed by atoms with Gasteiger partial charge >= 0.3 is 0 Å². The molecule has 1 amide bonds. The number of hydrogen-bond donors (Lipinski definition) is 1. The lowest BCUT2D eigenvalue weighted by molar-refractivity contribution is -0.128. The van der Waals surface area contributed by atoms with E-state index in [0.717, 1.165) is 31.7 Å². The molecule has 1 fully saturated rings. The van der Waals surface area contributed by atoms with Crippen molar-refractivity contribution in [3.8, 4) is 0 Å². The van der Waals surface area contributed by atoms with E-state index in [-0.39, 0.29) is 11.7 Å². The lowest BCUT2D eigenvalue weighted by Gasteiger charge is -2.24. The van der Waals surface area contributed by atoms with Gasteiger partial charge in [-0.2, -0.15) is 0 Å². The number of carbonyl (C=O) groups excluding carboxylic acids is 1. The topological polar surface area (TPSA) is 49.6 Å². The van der Waals surface area contributed by atoms with Crippen molar-refractivity contribution in [1.29, 1.82) is 0 Å². The van der Waals surface area contributed by atoms with Crippen molar-refractivity contribution in [2.75, 3.05) is 36.8 Å². The van der Waals surface area contributed by atoms with Gasteiger partial charge in [0.2, 0.25) is 5.91 Å². The minimum Gasteiger partial charge on any atom is -0.397 e. The third-order valence-electron chi connectivity index (χ3n) is 3.27. The van der Waals surface area contributed by atoms with Gasteiger partial charge in [0.1, 0.15) is 5.82 Å². The summed E-state index contributed by atoms with van der Waals surface area (Å²) in [5.41, 5.74) is 7.13. The molecule has 0 bridgehead atoms. The van der Waals surface area contributed by atoms with Gasteiger partial charge in [-0.05, 0) is 24.6 Å². The highest BCUT2D eigenvalue weighted by Gasteiger charge is 2.18. The van der Waals surface area contributed by atoms with Crippen molar-refractivity contribution in [2.45, 2.75) is 13.3 Å². The summed E-state index contributed by atoms with van der Waals surface area (Å²) >= 11 is 0. The van der Waals surface area contributed by atoms with Gasteiger partial charge in [-0.25, -0.2) is 4.39 Å². The third kappa shape index (κ3) is 2.72. The summed E-state index contributed by atoms with van der Waals surface area (Å²) in [5, 5.41) is 0. The summed E-state index contributed by atoms with van der Waals surface area (Å²) < 4.78 is 13.0. The Morgan fingerprint density at radius 2 is 2.06 bits per heavy atom. The van der Waals surface area contributed by atoms with Crippen molar-refractivity contribution in [3.05, 3.63) is 24.0 Å². The van der Waals surface area contributed by atoms with Crippen LogP contribution in [0.3, 0.4) is 0 Å². The zero-order valence-electron chi connectivity index (χ0n) is 10.5. The number of hydrogen-bond acceptors (Lipinski definition) is 3. The van der Waals surface area contributed by atoms with E-state index < -0.39 is 0 Å². The second-order valence-corrected chi connectivity index (χ2v) is 4.55. The van der Waals surface area contributed by atoms with E-state index in [2.05, 4.69) is 4.90 Å². The lowest BCUT2D eigenvalue weighted by atomic mass is 10.2. The van der Waals surface area contributed by atoms with Crippen LogP contribution in [0.1, 0.15) is 13.3 Å². The molecule has 2 N–H and O–H groups in total. The number of nitrogens with two attached hydrogens (primary N) is 1. The van der Waals surface area contributed by atoms with E-state index in [9.17, 15) is 9.18 Å². The molecule has 0 spiro atoms. The Bertz CT molecular complexity index is 450. The number of nitrogen functional groups attached to an aromatic ring is 1. The predicted molar refractivity (Wildman–Crippen MR) is 69.9 cm³/mol. The molecule has 4 nitrogen and oxygen atoms in total. The van der Waals surface area contributed by atoms with E-state index >= 15 is 0 Å². The first-order valence-corrected chi connectivity index (χ1v) is 6.13. The van der Waals surface area contributed by atoms with Crippen molar-refractivity contribution >= 4 is 17.3 Å². The highest BCUT2D eigenvalue weighted by molar-refractivity contribution is 5.73. The van der Waals surface area contributed by atoms with Gasteiger partial charge in [-0.15, -0.1) is 0 Å². The van der Waals surface area contributed by atoms with Crippen LogP contribution in [0, 0.1) is 5.82 Å². The third-order valence-corrected chi connectivity index (χ3v) is 3.27. The number of benzene rings is 1. The number of halogens is 1. The van der Waals surface area contributed by atoms with Gasteiger partial charge in [0.05, 0.1) is 11.4 Å². The molecular weight excluding hydrogens is 233 g/mol. The SMILES string of the molecule is CC(=O)N1CCCN(c2ccc(F)cc2N)CC1. The molecule has 2 rings (SSSR count). The molecule has 1 saturated heterocycles. The van der Waals surface area contributed by atoms with Gasteiger partial charge < -0.3 is 15.5 Å². The van der Waals surface area contributed by atoms with Crippen molar-refractivity contribution in [3.63, 3.8) is 0 Å². The standard InChI is InChI=1S/C13H18FN3O/c1-10(18)16-5-2-6-17(8-7-16)13-4-3-11(14)9-12(13)15/h3-4,9H,2,5-8,15H2,1H3. The Balaban J connectivity index is 2.12. The van der Waals surface area contributed by atoms with E-state index in [4.69, 9.17) is 5.73 Å². The number of carbonyl (C=O) groups is 1. The molecule has 98 valence electrons. The second kappa shape index (κ2) is 5.25. The fraction of sp³-hybridized carbons (Fsp3) is 0.462. The van der Waals surface area contributed by atoms with Gasteiger partial charge in [-0.1, -0.05) is 0 Å². The van der Waals surface area contributed by atoms with Crippen LogP contribution in [-0.4, -0.2) is 37.0 Å². The first kappa shape index (κ1) is 12.7. The minimum atomic E-state index is -0.323. The zero-order chi connectivity index (χ0) is 13.1. The molecule has 1 aromatic rings. The van der Waals surface area contributed by atoms with Crippen LogP contribution in [0.2, 0.25) is 0 Å². The molecule has 1 aliphatic heterocycles. The number of rotatable bonds is 1. The fourth-order valence-corrected chi connectivity index (χ4v) is 2.29. The van der Waals surface area contributed by atoms with Crippen LogP contribution in [-0.2, 0) is 4.79 Å². The summed E-state index contributed by atoms with van der Waals surface area (Å²) in [6, 6.07) is 4.45. The monoisotopic (exact) mass is 251 g/mol. The molecule has 0 aromatic heterocycles. The van der Waals surface area contributed by atoms with Gasteiger partial charge in [-0.3, -0.25) is 4.79 Å². The largest absolute Gasteiger partial charge is 0.397 e. The molecule has 0 atom stereocenters. The molecular formula is C13H18FN3O. The first-order valence-electron chi connectivity index (χ1n) is 6.13. The van der Waals surface area contributed by atoms with Crippen LogP contribution in [0.15, 0.2) is 18.2 Å². The Morgan fingerprint density at radius 3 is 2.72 bits per heavy atom. The quantitative estimate of drug-likeness (QED) is 0.769. The van der Waals surface area contributed by atoms with Crippen LogP contribution in [0.25, 0.3) is 0 Å². The van der Waals surface area contributed by atoms with Gasteiger partial charge in [0, 0.05) is 33.1 Å². The summed E-state index contributed by atoms with van der Waals surface area (Å²) in [6.45, 7) is 4.61. The number of anilines is 2. The summed E-state index contributed by atoms with van der Waals surface area (Å²) in [5.74, 6) is -0.222. The van der Waals surface area contributed by atoms with Crippen molar-refractivity contribution in [2.24, 2.45) is 0 Å². The summed E-state index contributed by atoms with van der Waals surface area (Å²) in [7, 11) is 0. The Kier molecular flexibility index (Phi) is 3.69. The molecule has 0 unspecified atom stereocenters. The maximum Gasteiger partial charge on any atom is 0.219 e. The smallest absolute Gasteiger partial charge is 0.219 e. The van der Waals surface area contributed by atoms with Gasteiger partial charge in [0.25, 0.3) is 0 Å². The molecule has 1 aromatic carbocycles. The maximum absolute atomic E-state index is 13.0. The normalized spacial score (nSPS) is 16.6. The average Bonchev–Trinajstić information content (AvgIpc) is 2.54. The molecule has 0 aliphatic carbocycles. The summed E-state index contributed by atoms with van der Waals surface area (Å²) in [6.07, 6.45) is 0.899. The Labute approximate surface area is 106 Å². The molecule has 0 radical (unpaired) electrons. The second-order valence-electron chi connectivity index (χ2n) is 4.55. The average molecular weight is 251 g/mol. The minimum absolute atomic E-state index is 0.101. The molecule has 0 saturated carbocycles. The molecule has 1 heterocycles. The molecule has 18 heavy (non-hydrogen) atoms. The molecule has 5 heteroatoms. The lowest BCUT2D eigenvalue weighted by Crippen LogP contribution is -2.33. The van der Waals surface area contributed by atoms with Crippen molar-refractivity contribution < 1.29 is 9.18 Å². The predicted octanol–water partition coefficient (Wildman–Crippen LogP) is 1.47. The van der Waals surface area contributed by atoms with Crippen LogP contribution < -0.4 is 10.6 Å². The Morgan fingerprint density at radius 1 is 1.28 bits per heavy atom. The number of nitrogens with zero attached hydrogens (tertiary/aromatic N) is 2. The number of amides is 1. The van der Waals surface area contributed by atoms with Crippen LogP contribution in [0.5, 0.6) is 0 Å². The van der Waals surface area contributed by atoms with Crippen LogP contribution in [0.4, 0.5) is 15.8 Å². The van der Waals surface area contributed by atoms with E-state index in [1.807, 2.05) is 4.90 Å². The highest BCUT2D eigenvalue weighted by Crippen LogP contribution is 2.24. The summed E-state index contributed by atoms with van der Waals surface area (Å²) in [4.78, 5) is 15.3. The van der Waals surface area contributed by atoms with Crippen molar-refractivity contribution in [1.82, 2.24) is 4.90 Å². The fourth-order valence-electron chi connectivity index (χ4n) is 2.29. The first-order chi connectivity index (χ1) is 8.58. The zero-order valence-corrected chi connectivity index (χ0v) is 10.5. The van der Waals surface area contributed by atoms with Crippen LogP contribution >= 0.6 is 0 Å². The maximum atomic E-state index is 13.0.